The van der Waals surface area contributed by atoms with Crippen LogP contribution < -0.4 is 0 Å². The third-order valence-electron chi connectivity index (χ3n) is 3.44. The van der Waals surface area contributed by atoms with Crippen molar-refractivity contribution in [3.63, 3.8) is 0 Å². The number of benzene rings is 1. The van der Waals surface area contributed by atoms with Crippen molar-refractivity contribution >= 4 is 29.2 Å². The first-order valence-corrected chi connectivity index (χ1v) is 6.72. The number of nitro benzene ring substituents is 1. The Morgan fingerprint density at radius 1 is 1.48 bits per heavy atom. The predicted molar refractivity (Wildman–Crippen MR) is 74.4 cm³/mol. The lowest BCUT2D eigenvalue weighted by Gasteiger charge is -2.17. The van der Waals surface area contributed by atoms with Gasteiger partial charge in [-0.05, 0) is 18.4 Å². The molecule has 1 saturated heterocycles. The van der Waals surface area contributed by atoms with Gasteiger partial charge < -0.3 is 10.0 Å². The highest BCUT2D eigenvalue weighted by Gasteiger charge is 2.30. The molecule has 1 aromatic rings. The first kappa shape index (κ1) is 15.2. The van der Waals surface area contributed by atoms with Crippen LogP contribution in [0.3, 0.4) is 0 Å². The smallest absolute Gasteiger partial charge is 0.303 e. The van der Waals surface area contributed by atoms with E-state index in [0.717, 1.165) is 0 Å². The Bertz CT molecular complexity index is 604. The van der Waals surface area contributed by atoms with Gasteiger partial charge >= 0.3 is 5.97 Å². The molecule has 0 aromatic heterocycles. The van der Waals surface area contributed by atoms with Crippen LogP contribution in [-0.2, 0) is 4.79 Å². The van der Waals surface area contributed by atoms with Crippen LogP contribution in [0.25, 0.3) is 0 Å². The van der Waals surface area contributed by atoms with Crippen molar-refractivity contribution in [3.05, 3.63) is 38.9 Å². The number of hydrogen-bond donors (Lipinski definition) is 1. The van der Waals surface area contributed by atoms with E-state index >= 15 is 0 Å². The summed E-state index contributed by atoms with van der Waals surface area (Å²) < 4.78 is 0. The lowest BCUT2D eigenvalue weighted by molar-refractivity contribution is -0.384. The van der Waals surface area contributed by atoms with Crippen LogP contribution >= 0.6 is 11.6 Å². The summed E-state index contributed by atoms with van der Waals surface area (Å²) in [6.45, 7) is 0.750. The standard InChI is InChI=1S/C13H13ClN2O5/c14-12-9(2-1-3-10(12)16(20)21)13(19)15-5-4-8(7-15)6-11(17)18/h1-3,8H,4-7H2,(H,17,18). The van der Waals surface area contributed by atoms with Crippen molar-refractivity contribution in [1.29, 1.82) is 0 Å². The molecular formula is C13H13ClN2O5. The molecule has 1 atom stereocenters. The molecule has 0 spiro atoms. The molecule has 1 N–H and O–H groups in total. The number of likely N-dealkylation sites (tertiary alicyclic amines) is 1. The average molecular weight is 313 g/mol. The van der Waals surface area contributed by atoms with Crippen LogP contribution in [0.1, 0.15) is 23.2 Å². The predicted octanol–water partition coefficient (Wildman–Crippen LogP) is 2.19. The van der Waals surface area contributed by atoms with Crippen LogP contribution in [-0.4, -0.2) is 39.9 Å². The molecule has 0 bridgehead atoms. The molecule has 1 unspecified atom stereocenters. The lowest BCUT2D eigenvalue weighted by atomic mass is 10.1. The molecule has 1 aromatic carbocycles. The summed E-state index contributed by atoms with van der Waals surface area (Å²) >= 11 is 5.91. The van der Waals surface area contributed by atoms with E-state index in [1.54, 1.807) is 0 Å². The molecule has 2 rings (SSSR count). The van der Waals surface area contributed by atoms with Gasteiger partial charge in [-0.2, -0.15) is 0 Å². The van der Waals surface area contributed by atoms with Crippen molar-refractivity contribution in [2.75, 3.05) is 13.1 Å². The third kappa shape index (κ3) is 3.30. The molecule has 21 heavy (non-hydrogen) atoms. The van der Waals surface area contributed by atoms with Crippen molar-refractivity contribution in [1.82, 2.24) is 4.90 Å². The second kappa shape index (κ2) is 6.09. The number of halogens is 1. The van der Waals surface area contributed by atoms with E-state index in [1.165, 1.54) is 23.1 Å². The fraction of sp³-hybridized carbons (Fsp3) is 0.385. The van der Waals surface area contributed by atoms with Gasteiger partial charge in [-0.3, -0.25) is 19.7 Å². The van der Waals surface area contributed by atoms with Crippen molar-refractivity contribution in [3.8, 4) is 0 Å². The largest absolute Gasteiger partial charge is 0.481 e. The number of nitro groups is 1. The maximum absolute atomic E-state index is 12.3. The topological polar surface area (TPSA) is 101 Å². The number of carboxylic acids is 1. The Morgan fingerprint density at radius 3 is 2.81 bits per heavy atom. The van der Waals surface area contributed by atoms with Crippen LogP contribution in [0.4, 0.5) is 5.69 Å². The summed E-state index contributed by atoms with van der Waals surface area (Å²) in [6.07, 6.45) is 0.608. The molecule has 1 heterocycles. The third-order valence-corrected chi connectivity index (χ3v) is 3.84. The number of amides is 1. The molecular weight excluding hydrogens is 300 g/mol. The Kier molecular flexibility index (Phi) is 4.42. The van der Waals surface area contributed by atoms with Gasteiger partial charge in [0, 0.05) is 25.6 Å². The average Bonchev–Trinajstić information content (AvgIpc) is 2.85. The molecule has 0 aliphatic carbocycles. The molecule has 112 valence electrons. The van der Waals surface area contributed by atoms with Crippen LogP contribution in [0, 0.1) is 16.0 Å². The van der Waals surface area contributed by atoms with E-state index in [2.05, 4.69) is 0 Å². The highest BCUT2D eigenvalue weighted by Crippen LogP contribution is 2.30. The van der Waals surface area contributed by atoms with Crippen molar-refractivity contribution in [2.45, 2.75) is 12.8 Å². The first-order valence-electron chi connectivity index (χ1n) is 6.34. The van der Waals surface area contributed by atoms with Gasteiger partial charge in [0.25, 0.3) is 11.6 Å². The zero-order valence-corrected chi connectivity index (χ0v) is 11.7. The molecule has 7 nitrogen and oxygen atoms in total. The molecule has 1 aliphatic rings. The van der Waals surface area contributed by atoms with Gasteiger partial charge in [-0.1, -0.05) is 17.7 Å². The zero-order valence-electron chi connectivity index (χ0n) is 11.0. The number of carbonyl (C=O) groups is 2. The molecule has 1 aliphatic heterocycles. The summed E-state index contributed by atoms with van der Waals surface area (Å²) in [5.74, 6) is -1.40. The molecule has 1 amide bonds. The quantitative estimate of drug-likeness (QED) is 0.678. The second-order valence-electron chi connectivity index (χ2n) is 4.90. The van der Waals surface area contributed by atoms with Gasteiger partial charge in [-0.15, -0.1) is 0 Å². The molecule has 1 fully saturated rings. The number of hydrogen-bond acceptors (Lipinski definition) is 4. The number of carboxylic acid groups (broad SMARTS) is 1. The summed E-state index contributed by atoms with van der Waals surface area (Å²) in [5.41, 5.74) is -0.245. The van der Waals surface area contributed by atoms with Gasteiger partial charge in [0.2, 0.25) is 0 Å². The fourth-order valence-electron chi connectivity index (χ4n) is 2.43. The van der Waals surface area contributed by atoms with Crippen molar-refractivity contribution < 1.29 is 19.6 Å². The Balaban J connectivity index is 2.16. The van der Waals surface area contributed by atoms with E-state index in [-0.39, 0.29) is 28.6 Å². The normalized spacial score (nSPS) is 17.8. The zero-order chi connectivity index (χ0) is 15.6. The summed E-state index contributed by atoms with van der Waals surface area (Å²) in [6, 6.07) is 4.07. The highest BCUT2D eigenvalue weighted by molar-refractivity contribution is 6.35. The van der Waals surface area contributed by atoms with Gasteiger partial charge in [0.1, 0.15) is 5.02 Å². The van der Waals surface area contributed by atoms with Crippen LogP contribution in [0.15, 0.2) is 18.2 Å². The first-order chi connectivity index (χ1) is 9.90. The van der Waals surface area contributed by atoms with Gasteiger partial charge in [0.15, 0.2) is 0 Å². The molecule has 0 saturated carbocycles. The molecule has 8 heteroatoms. The maximum Gasteiger partial charge on any atom is 0.303 e. The van der Waals surface area contributed by atoms with E-state index < -0.39 is 16.8 Å². The number of aliphatic carboxylic acids is 1. The van der Waals surface area contributed by atoms with Crippen LogP contribution in [0.2, 0.25) is 5.02 Å². The fourth-order valence-corrected chi connectivity index (χ4v) is 2.70. The second-order valence-corrected chi connectivity index (χ2v) is 5.28. The minimum atomic E-state index is -0.900. The summed E-state index contributed by atoms with van der Waals surface area (Å²) in [7, 11) is 0. The number of carbonyl (C=O) groups excluding carboxylic acids is 1. The summed E-state index contributed by atoms with van der Waals surface area (Å²) in [5, 5.41) is 19.4. The minimum Gasteiger partial charge on any atom is -0.481 e. The minimum absolute atomic E-state index is 0.00640. The Hall–Kier alpha value is -2.15. The van der Waals surface area contributed by atoms with E-state index in [0.29, 0.717) is 19.5 Å². The van der Waals surface area contributed by atoms with Crippen molar-refractivity contribution in [2.24, 2.45) is 5.92 Å². The maximum atomic E-state index is 12.3. The highest BCUT2D eigenvalue weighted by atomic mass is 35.5. The molecule has 0 radical (unpaired) electrons. The Morgan fingerprint density at radius 2 is 2.19 bits per heavy atom. The monoisotopic (exact) mass is 312 g/mol. The number of rotatable bonds is 4. The Labute approximate surface area is 125 Å². The lowest BCUT2D eigenvalue weighted by Crippen LogP contribution is -2.29. The van der Waals surface area contributed by atoms with Gasteiger partial charge in [0.05, 0.1) is 10.5 Å². The number of nitrogens with zero attached hydrogens (tertiary/aromatic N) is 2. The van der Waals surface area contributed by atoms with Crippen LogP contribution in [0.5, 0.6) is 0 Å². The van der Waals surface area contributed by atoms with E-state index in [9.17, 15) is 19.7 Å². The summed E-state index contributed by atoms with van der Waals surface area (Å²) in [4.78, 5) is 34.7. The van der Waals surface area contributed by atoms with E-state index in [1.807, 2.05) is 0 Å². The van der Waals surface area contributed by atoms with Gasteiger partial charge in [-0.25, -0.2) is 0 Å². The van der Waals surface area contributed by atoms with E-state index in [4.69, 9.17) is 16.7 Å². The SMILES string of the molecule is O=C(O)CC1CCN(C(=O)c2cccc([N+](=O)[O-])c2Cl)C1.